The smallest absolute Gasteiger partial charge is 0.252 e. The van der Waals surface area contributed by atoms with Crippen molar-refractivity contribution in [2.24, 2.45) is 5.73 Å². The number of rotatable bonds is 6. The maximum Gasteiger partial charge on any atom is 0.252 e. The molecule has 0 aromatic heterocycles. The van der Waals surface area contributed by atoms with E-state index in [1.54, 1.807) is 36.4 Å². The second-order valence-electron chi connectivity index (χ2n) is 3.99. The molecule has 0 heterocycles. The molecule has 0 aliphatic carbocycles. The molecule has 0 aliphatic rings. The summed E-state index contributed by atoms with van der Waals surface area (Å²) < 4.78 is 11.0. The Hall–Kier alpha value is -2.20. The Labute approximate surface area is 122 Å². The number of amides is 1. The van der Waals surface area contributed by atoms with Gasteiger partial charge in [0.1, 0.15) is 24.7 Å². The van der Waals surface area contributed by atoms with Crippen LogP contribution >= 0.6 is 11.6 Å². The Bertz CT molecular complexity index is 601. The van der Waals surface area contributed by atoms with Crippen molar-refractivity contribution in [2.75, 3.05) is 13.2 Å². The molecule has 0 atom stereocenters. The van der Waals surface area contributed by atoms with Crippen molar-refractivity contribution in [3.05, 3.63) is 59.1 Å². The fourth-order valence-electron chi connectivity index (χ4n) is 1.66. The molecule has 0 saturated carbocycles. The van der Waals surface area contributed by atoms with E-state index in [9.17, 15) is 4.79 Å². The Morgan fingerprint density at radius 2 is 1.50 bits per heavy atom. The van der Waals surface area contributed by atoms with Crippen molar-refractivity contribution in [1.82, 2.24) is 0 Å². The van der Waals surface area contributed by atoms with E-state index in [-0.39, 0.29) is 6.61 Å². The van der Waals surface area contributed by atoms with E-state index in [0.717, 1.165) is 0 Å². The first-order chi connectivity index (χ1) is 9.68. The van der Waals surface area contributed by atoms with Crippen molar-refractivity contribution in [3.63, 3.8) is 0 Å². The van der Waals surface area contributed by atoms with Gasteiger partial charge >= 0.3 is 0 Å². The third-order valence-electron chi connectivity index (χ3n) is 2.59. The minimum absolute atomic E-state index is 0.287. The monoisotopic (exact) mass is 291 g/mol. The lowest BCUT2D eigenvalue weighted by molar-refractivity contribution is 0.0995. The number of hydrogen-bond donors (Lipinski definition) is 1. The summed E-state index contributed by atoms with van der Waals surface area (Å²) >= 11 is 5.96. The van der Waals surface area contributed by atoms with Crippen LogP contribution in [0.15, 0.2) is 48.5 Å². The molecule has 5 heteroatoms. The minimum Gasteiger partial charge on any atom is -0.489 e. The molecule has 0 spiro atoms. The van der Waals surface area contributed by atoms with Gasteiger partial charge in [-0.2, -0.15) is 0 Å². The zero-order valence-electron chi connectivity index (χ0n) is 10.7. The Morgan fingerprint density at radius 1 is 0.950 bits per heavy atom. The first-order valence-electron chi connectivity index (χ1n) is 6.07. The van der Waals surface area contributed by atoms with Crippen molar-refractivity contribution in [3.8, 4) is 11.5 Å². The number of nitrogens with two attached hydrogens (primary N) is 1. The van der Waals surface area contributed by atoms with E-state index in [1.807, 2.05) is 12.1 Å². The van der Waals surface area contributed by atoms with Gasteiger partial charge in [-0.05, 0) is 24.3 Å². The lowest BCUT2D eigenvalue weighted by Crippen LogP contribution is -2.15. The van der Waals surface area contributed by atoms with E-state index in [4.69, 9.17) is 26.8 Å². The number of ether oxygens (including phenoxy) is 2. The second kappa shape index (κ2) is 6.82. The number of primary amides is 1. The van der Waals surface area contributed by atoms with Gasteiger partial charge in [-0.3, -0.25) is 4.79 Å². The predicted octanol–water partition coefficient (Wildman–Crippen LogP) is 2.90. The minimum atomic E-state index is -0.521. The molecule has 2 rings (SSSR count). The molecule has 0 radical (unpaired) electrons. The molecule has 2 N–H and O–H groups in total. The SMILES string of the molecule is NC(=O)c1ccccc1OCCOc1ccccc1Cl. The van der Waals surface area contributed by atoms with Crippen LogP contribution in [-0.4, -0.2) is 19.1 Å². The van der Waals surface area contributed by atoms with Crippen LogP contribution in [-0.2, 0) is 0 Å². The van der Waals surface area contributed by atoms with Gasteiger partial charge in [-0.1, -0.05) is 35.9 Å². The van der Waals surface area contributed by atoms with Crippen molar-refractivity contribution < 1.29 is 14.3 Å². The summed E-state index contributed by atoms with van der Waals surface area (Å²) in [5.41, 5.74) is 5.61. The maximum absolute atomic E-state index is 11.2. The Balaban J connectivity index is 1.88. The zero-order chi connectivity index (χ0) is 14.4. The average Bonchev–Trinajstić information content (AvgIpc) is 2.45. The maximum atomic E-state index is 11.2. The quantitative estimate of drug-likeness (QED) is 0.833. The molecular formula is C15H14ClNO3. The standard InChI is InChI=1S/C15H14ClNO3/c16-12-6-2-4-8-14(12)20-10-9-19-13-7-3-1-5-11(13)15(17)18/h1-8H,9-10H2,(H2,17,18). The molecule has 0 saturated heterocycles. The third-order valence-corrected chi connectivity index (χ3v) is 2.90. The lowest BCUT2D eigenvalue weighted by atomic mass is 10.2. The summed E-state index contributed by atoms with van der Waals surface area (Å²) in [4.78, 5) is 11.2. The average molecular weight is 292 g/mol. The van der Waals surface area contributed by atoms with Gasteiger partial charge in [-0.25, -0.2) is 0 Å². The molecule has 0 bridgehead atoms. The third kappa shape index (κ3) is 3.65. The highest BCUT2D eigenvalue weighted by atomic mass is 35.5. The molecule has 2 aromatic rings. The van der Waals surface area contributed by atoms with Crippen LogP contribution in [0.5, 0.6) is 11.5 Å². The number of halogens is 1. The summed E-state index contributed by atoms with van der Waals surface area (Å²) in [5.74, 6) is 0.524. The highest BCUT2D eigenvalue weighted by Crippen LogP contribution is 2.23. The van der Waals surface area contributed by atoms with E-state index < -0.39 is 5.91 Å². The summed E-state index contributed by atoms with van der Waals surface area (Å²) in [7, 11) is 0. The van der Waals surface area contributed by atoms with Gasteiger partial charge in [0.15, 0.2) is 0 Å². The van der Waals surface area contributed by atoms with Gasteiger partial charge in [0, 0.05) is 0 Å². The van der Waals surface area contributed by atoms with Crippen molar-refractivity contribution in [2.45, 2.75) is 0 Å². The lowest BCUT2D eigenvalue weighted by Gasteiger charge is -2.11. The van der Waals surface area contributed by atoms with Gasteiger partial charge < -0.3 is 15.2 Å². The second-order valence-corrected chi connectivity index (χ2v) is 4.39. The Morgan fingerprint density at radius 3 is 2.15 bits per heavy atom. The number of para-hydroxylation sites is 2. The largest absolute Gasteiger partial charge is 0.489 e. The van der Waals surface area contributed by atoms with Crippen LogP contribution in [0.2, 0.25) is 5.02 Å². The highest BCUT2D eigenvalue weighted by Gasteiger charge is 2.08. The molecule has 0 unspecified atom stereocenters. The van der Waals surface area contributed by atoms with Gasteiger partial charge in [0.25, 0.3) is 5.91 Å². The first-order valence-corrected chi connectivity index (χ1v) is 6.45. The van der Waals surface area contributed by atoms with Crippen LogP contribution in [0.4, 0.5) is 0 Å². The fourth-order valence-corrected chi connectivity index (χ4v) is 1.85. The summed E-state index contributed by atoms with van der Waals surface area (Å²) in [6.07, 6.45) is 0. The van der Waals surface area contributed by atoms with Gasteiger partial charge in [0.2, 0.25) is 0 Å². The molecule has 2 aromatic carbocycles. The summed E-state index contributed by atoms with van der Waals surface area (Å²) in [6.45, 7) is 0.604. The summed E-state index contributed by atoms with van der Waals surface area (Å²) in [6, 6.07) is 14.0. The zero-order valence-corrected chi connectivity index (χ0v) is 11.5. The van der Waals surface area contributed by atoms with Crippen LogP contribution < -0.4 is 15.2 Å². The van der Waals surface area contributed by atoms with Crippen LogP contribution in [0.3, 0.4) is 0 Å². The van der Waals surface area contributed by atoms with E-state index in [0.29, 0.717) is 28.7 Å². The predicted molar refractivity (Wildman–Crippen MR) is 77.4 cm³/mol. The number of hydrogen-bond acceptors (Lipinski definition) is 3. The topological polar surface area (TPSA) is 61.6 Å². The summed E-state index contributed by atoms with van der Waals surface area (Å²) in [5, 5.41) is 0.546. The van der Waals surface area contributed by atoms with Crippen molar-refractivity contribution >= 4 is 17.5 Å². The van der Waals surface area contributed by atoms with E-state index in [1.165, 1.54) is 0 Å². The number of benzene rings is 2. The number of carbonyl (C=O) groups is 1. The Kier molecular flexibility index (Phi) is 4.85. The van der Waals surface area contributed by atoms with Gasteiger partial charge in [-0.15, -0.1) is 0 Å². The highest BCUT2D eigenvalue weighted by molar-refractivity contribution is 6.32. The van der Waals surface area contributed by atoms with E-state index >= 15 is 0 Å². The normalized spacial score (nSPS) is 10.1. The molecule has 0 fully saturated rings. The molecule has 0 aliphatic heterocycles. The van der Waals surface area contributed by atoms with Crippen LogP contribution in [0.1, 0.15) is 10.4 Å². The molecule has 4 nitrogen and oxygen atoms in total. The van der Waals surface area contributed by atoms with Crippen LogP contribution in [0, 0.1) is 0 Å². The number of carbonyl (C=O) groups excluding carboxylic acids is 1. The molecule has 1 amide bonds. The molecule has 20 heavy (non-hydrogen) atoms. The molecular weight excluding hydrogens is 278 g/mol. The first kappa shape index (κ1) is 14.2. The van der Waals surface area contributed by atoms with E-state index in [2.05, 4.69) is 0 Å². The van der Waals surface area contributed by atoms with Crippen LogP contribution in [0.25, 0.3) is 0 Å². The molecule has 104 valence electrons. The van der Waals surface area contributed by atoms with Gasteiger partial charge in [0.05, 0.1) is 10.6 Å². The van der Waals surface area contributed by atoms with Crippen molar-refractivity contribution in [1.29, 1.82) is 0 Å². The fraction of sp³-hybridized carbons (Fsp3) is 0.133.